The fourth-order valence-corrected chi connectivity index (χ4v) is 0.643. The second-order valence-electron chi connectivity index (χ2n) is 1.80. The molecule has 6 heteroatoms. The number of quaternary nitrogens is 1. The maximum Gasteiger partial charge on any atom is 1.00 e. The van der Waals surface area contributed by atoms with Crippen LogP contribution in [0.1, 0.15) is 10.4 Å². The van der Waals surface area contributed by atoms with E-state index in [0.29, 0.717) is 0 Å². The fourth-order valence-electron chi connectivity index (χ4n) is 0.643. The number of para-hydroxylation sites is 1. The van der Waals surface area contributed by atoms with Crippen LogP contribution >= 0.6 is 0 Å². The summed E-state index contributed by atoms with van der Waals surface area (Å²) in [5.41, 5.74) is -0.178. The predicted octanol–water partition coefficient (Wildman–Crippen LogP) is -5.16. The number of carbonyl (C=O) groups is 1. The molecule has 1 rings (SSSR count). The summed E-state index contributed by atoms with van der Waals surface area (Å²) in [5.74, 6) is -1.62. The van der Waals surface area contributed by atoms with Gasteiger partial charge in [-0.2, -0.15) is 0 Å². The van der Waals surface area contributed by atoms with Gasteiger partial charge in [-0.15, -0.1) is 0 Å². The molecule has 0 atom stereocenters. The smallest absolute Gasteiger partial charge is 1.00 e. The molecule has 68 valence electrons. The summed E-state index contributed by atoms with van der Waals surface area (Å²) in [4.78, 5) is 10.2. The van der Waals surface area contributed by atoms with Gasteiger partial charge in [-0.05, 0) is 6.07 Å². The molecule has 0 saturated heterocycles. The summed E-state index contributed by atoms with van der Waals surface area (Å²) in [6.45, 7) is 0. The summed E-state index contributed by atoms with van der Waals surface area (Å²) in [5, 5.41) is 19.0. The minimum absolute atomic E-state index is 0. The minimum Gasteiger partial charge on any atom is -1.00 e. The van der Waals surface area contributed by atoms with Gasteiger partial charge in [0.15, 0.2) is 0 Å². The minimum atomic E-state index is -1.18. The van der Waals surface area contributed by atoms with Crippen LogP contribution < -0.4 is 97.1 Å². The number of benzene rings is 1. The molecule has 0 aliphatic rings. The summed E-state index contributed by atoms with van der Waals surface area (Å²) in [7, 11) is 0. The van der Waals surface area contributed by atoms with Gasteiger partial charge in [-0.1, -0.05) is 23.9 Å². The first-order chi connectivity index (χ1) is 4.72. The molecule has 0 aromatic heterocycles. The Bertz CT molecular complexity index is 270. The van der Waals surface area contributed by atoms with Crippen LogP contribution in [0, 0.1) is 0 Å². The molecule has 0 fully saturated rings. The summed E-state index contributed by atoms with van der Waals surface area (Å²) < 4.78 is 0. The molecule has 5 N–H and O–H groups in total. The van der Waals surface area contributed by atoms with E-state index in [1.807, 2.05) is 0 Å². The van der Waals surface area contributed by atoms with Gasteiger partial charge >= 0.3 is 74.9 Å². The van der Waals surface area contributed by atoms with E-state index in [9.17, 15) is 9.90 Å². The standard InChI is InChI=1S/C7H6O3.BrH.Cs.H3N/c8-6-4-2-1-3-5(6)7(9)10;;;/h1-4,8H,(H,9,10);1H;;1H3/q;;+1;/p-1. The number of carboxylic acids is 1. The van der Waals surface area contributed by atoms with Crippen molar-refractivity contribution in [1.29, 1.82) is 0 Å². The van der Waals surface area contributed by atoms with Crippen molar-refractivity contribution in [3.8, 4) is 5.75 Å². The van der Waals surface area contributed by atoms with E-state index in [-0.39, 0.29) is 97.6 Å². The van der Waals surface area contributed by atoms with Gasteiger partial charge in [0.05, 0.1) is 5.56 Å². The van der Waals surface area contributed by atoms with Gasteiger partial charge in [-0.3, -0.25) is 0 Å². The van der Waals surface area contributed by atoms with Crippen molar-refractivity contribution >= 4 is 5.97 Å². The molecule has 1 aromatic carbocycles. The number of halogens is 1. The molecule has 0 saturated carbocycles. The molecule has 0 spiro atoms. The van der Waals surface area contributed by atoms with Crippen LogP contribution in [-0.4, -0.2) is 11.1 Å². The first-order valence-corrected chi connectivity index (χ1v) is 2.71. The number of hydrogen-bond acceptors (Lipinski definition) is 2. The third kappa shape index (κ3) is 6.13. The molecular formula is C7H9BrCsNO3. The van der Waals surface area contributed by atoms with Crippen molar-refractivity contribution in [2.45, 2.75) is 0 Å². The summed E-state index contributed by atoms with van der Waals surface area (Å²) >= 11 is 0. The van der Waals surface area contributed by atoms with E-state index in [1.165, 1.54) is 24.3 Å². The van der Waals surface area contributed by atoms with Crippen molar-refractivity contribution in [2.24, 2.45) is 0 Å². The van der Waals surface area contributed by atoms with E-state index in [0.717, 1.165) is 0 Å². The van der Waals surface area contributed by atoms with E-state index in [4.69, 9.17) is 5.11 Å². The molecule has 0 unspecified atom stereocenters. The Labute approximate surface area is 145 Å². The molecule has 13 heavy (non-hydrogen) atoms. The third-order valence-electron chi connectivity index (χ3n) is 1.12. The summed E-state index contributed by atoms with van der Waals surface area (Å²) in [6.07, 6.45) is 0. The third-order valence-corrected chi connectivity index (χ3v) is 1.12. The van der Waals surface area contributed by atoms with Crippen LogP contribution in [0.4, 0.5) is 0 Å². The Hall–Kier alpha value is 0.982. The largest absolute Gasteiger partial charge is 1.00 e. The van der Waals surface area contributed by atoms with E-state index in [1.54, 1.807) is 0 Å². The van der Waals surface area contributed by atoms with Gasteiger partial charge in [0.2, 0.25) is 0 Å². The molecule has 0 bridgehead atoms. The van der Waals surface area contributed by atoms with Gasteiger partial charge < -0.3 is 33.3 Å². The Morgan fingerprint density at radius 2 is 1.77 bits per heavy atom. The van der Waals surface area contributed by atoms with Crippen LogP contribution in [0.3, 0.4) is 0 Å². The van der Waals surface area contributed by atoms with Gasteiger partial charge in [0.25, 0.3) is 0 Å². The average Bonchev–Trinajstić information content (AvgIpc) is 1.88. The number of hydrogen-bond donors (Lipinski definition) is 2. The predicted molar refractivity (Wildman–Crippen MR) is 38.8 cm³/mol. The Morgan fingerprint density at radius 1 is 1.31 bits per heavy atom. The molecular weight excluding hydrogens is 359 g/mol. The van der Waals surface area contributed by atoms with Crippen molar-refractivity contribution in [2.75, 3.05) is 0 Å². The van der Waals surface area contributed by atoms with Crippen molar-refractivity contribution in [3.63, 3.8) is 0 Å². The van der Waals surface area contributed by atoms with Crippen LogP contribution in [0.25, 0.3) is 0 Å². The van der Waals surface area contributed by atoms with E-state index >= 15 is 0 Å². The van der Waals surface area contributed by atoms with Crippen molar-refractivity contribution in [3.05, 3.63) is 29.8 Å². The number of carboxylic acid groups (broad SMARTS) is 1. The molecule has 0 aliphatic carbocycles. The topological polar surface area (TPSA) is 96.9 Å². The molecule has 0 heterocycles. The monoisotopic (exact) mass is 367 g/mol. The summed E-state index contributed by atoms with van der Waals surface area (Å²) in [6, 6.07) is 5.54. The van der Waals surface area contributed by atoms with Crippen LogP contribution in [0.2, 0.25) is 0 Å². The SMILES string of the molecule is O=C(O)c1ccccc1[O-].[Br-].[Cs+].[NH4+]. The Morgan fingerprint density at radius 3 is 2.08 bits per heavy atom. The molecule has 0 amide bonds. The van der Waals surface area contributed by atoms with E-state index < -0.39 is 11.7 Å². The molecule has 0 aliphatic heterocycles. The number of aromatic carboxylic acids is 1. The second kappa shape index (κ2) is 9.53. The number of rotatable bonds is 1. The van der Waals surface area contributed by atoms with Gasteiger partial charge in [-0.25, -0.2) is 4.79 Å². The Balaban J connectivity index is -0.000000333. The maximum absolute atomic E-state index is 10.7. The first kappa shape index (κ1) is 19.5. The zero-order valence-corrected chi connectivity index (χ0v) is 15.3. The van der Waals surface area contributed by atoms with Crippen molar-refractivity contribution < 1.29 is 101 Å². The van der Waals surface area contributed by atoms with Crippen LogP contribution in [-0.2, 0) is 0 Å². The normalized spacial score (nSPS) is 7.08. The van der Waals surface area contributed by atoms with Crippen LogP contribution in [0.5, 0.6) is 5.75 Å². The maximum atomic E-state index is 10.7. The zero-order chi connectivity index (χ0) is 7.56. The quantitative estimate of drug-likeness (QED) is 0.519. The molecule has 1 aromatic rings. The first-order valence-electron chi connectivity index (χ1n) is 2.71. The van der Waals surface area contributed by atoms with Gasteiger partial charge in [0.1, 0.15) is 0 Å². The molecule has 0 radical (unpaired) electrons. The molecule has 4 nitrogen and oxygen atoms in total. The van der Waals surface area contributed by atoms with E-state index in [2.05, 4.69) is 0 Å². The Kier molecular flexibility index (Phi) is 14.3. The van der Waals surface area contributed by atoms with Crippen molar-refractivity contribution in [1.82, 2.24) is 6.15 Å². The van der Waals surface area contributed by atoms with Gasteiger partial charge in [0, 0.05) is 0 Å². The van der Waals surface area contributed by atoms with Crippen LogP contribution in [0.15, 0.2) is 24.3 Å². The fraction of sp³-hybridized carbons (Fsp3) is 0. The zero-order valence-electron chi connectivity index (χ0n) is 7.45. The average molecular weight is 368 g/mol. The second-order valence-corrected chi connectivity index (χ2v) is 1.80.